The number of aliphatic hydroxyl groups is 1. The summed E-state index contributed by atoms with van der Waals surface area (Å²) in [6, 6.07) is 9.17. The van der Waals surface area contributed by atoms with Crippen LogP contribution in [0, 0.1) is 5.41 Å². The van der Waals surface area contributed by atoms with Crippen LogP contribution in [0.15, 0.2) is 30.3 Å². The average Bonchev–Trinajstić information content (AvgIpc) is 3.05. The molecule has 1 aliphatic heterocycles. The predicted molar refractivity (Wildman–Crippen MR) is 112 cm³/mol. The van der Waals surface area contributed by atoms with Gasteiger partial charge in [0.1, 0.15) is 5.66 Å². The van der Waals surface area contributed by atoms with E-state index >= 15 is 0 Å². The molecular formula is C22H35N3O4. The Morgan fingerprint density at radius 3 is 2.45 bits per heavy atom. The zero-order valence-electron chi connectivity index (χ0n) is 17.9. The van der Waals surface area contributed by atoms with Gasteiger partial charge in [0.15, 0.2) is 6.10 Å². The van der Waals surface area contributed by atoms with Crippen molar-refractivity contribution in [2.45, 2.75) is 71.2 Å². The molecular weight excluding hydrogens is 370 g/mol. The predicted octanol–water partition coefficient (Wildman–Crippen LogP) is 3.11. The Labute approximate surface area is 173 Å². The van der Waals surface area contributed by atoms with Crippen molar-refractivity contribution in [2.75, 3.05) is 13.1 Å². The summed E-state index contributed by atoms with van der Waals surface area (Å²) >= 11 is 0. The third-order valence-corrected chi connectivity index (χ3v) is 5.84. The monoisotopic (exact) mass is 405 g/mol. The summed E-state index contributed by atoms with van der Waals surface area (Å²) < 4.78 is 0. The molecule has 0 radical (unpaired) electrons. The smallest absolute Gasteiger partial charge is 0.406 e. The maximum Gasteiger partial charge on any atom is 0.406 e. The van der Waals surface area contributed by atoms with Crippen molar-refractivity contribution in [3.05, 3.63) is 35.9 Å². The molecule has 1 heterocycles. The molecule has 2 unspecified atom stereocenters. The van der Waals surface area contributed by atoms with Crippen LogP contribution >= 0.6 is 0 Å². The minimum absolute atomic E-state index is 0.00876. The Bertz CT molecular complexity index is 695. The van der Waals surface area contributed by atoms with Gasteiger partial charge in [-0.1, -0.05) is 57.5 Å². The van der Waals surface area contributed by atoms with Crippen molar-refractivity contribution in [2.24, 2.45) is 5.41 Å². The second kappa shape index (κ2) is 9.59. The van der Waals surface area contributed by atoms with Crippen LogP contribution in [-0.2, 0) is 4.79 Å². The molecule has 1 aromatic carbocycles. The number of benzene rings is 1. The number of amides is 2. The van der Waals surface area contributed by atoms with Crippen molar-refractivity contribution in [3.8, 4) is 0 Å². The first kappa shape index (κ1) is 23.2. The van der Waals surface area contributed by atoms with Gasteiger partial charge in [0.25, 0.3) is 5.91 Å². The number of carbonyl (C=O) groups excluding carboxylic acids is 1. The van der Waals surface area contributed by atoms with E-state index in [4.69, 9.17) is 0 Å². The lowest BCUT2D eigenvalue weighted by molar-refractivity contribution is -0.142. The largest absolute Gasteiger partial charge is 0.465 e. The standard InChI is InChI=1S/C22H35N3O4/c1-5-6-12-22(24-20(28)29,25-14-13-21(3,4)15-25)18(26)19(27)23-16(2)17-10-8-7-9-11-17/h7-11,16,18,24,26H,5-6,12-15H2,1-4H3,(H,23,27)(H,28,29)/t16-,18?,22?/m1/s1. The zero-order chi connectivity index (χ0) is 21.7. The molecule has 3 atom stereocenters. The molecule has 0 aliphatic carbocycles. The number of hydrogen-bond donors (Lipinski definition) is 4. The number of rotatable bonds is 9. The molecule has 7 nitrogen and oxygen atoms in total. The maximum atomic E-state index is 13.0. The molecule has 1 aromatic rings. The number of nitrogens with one attached hydrogen (secondary N) is 2. The summed E-state index contributed by atoms with van der Waals surface area (Å²) in [5.41, 5.74) is -0.443. The molecule has 7 heteroatoms. The van der Waals surface area contributed by atoms with Crippen LogP contribution < -0.4 is 10.6 Å². The van der Waals surface area contributed by atoms with Gasteiger partial charge >= 0.3 is 6.09 Å². The second-order valence-corrected chi connectivity index (χ2v) is 8.84. The second-order valence-electron chi connectivity index (χ2n) is 8.84. The fourth-order valence-electron chi connectivity index (χ4n) is 4.10. The third-order valence-electron chi connectivity index (χ3n) is 5.84. The van der Waals surface area contributed by atoms with Gasteiger partial charge in [-0.15, -0.1) is 0 Å². The lowest BCUT2D eigenvalue weighted by Crippen LogP contribution is -2.69. The van der Waals surface area contributed by atoms with Gasteiger partial charge in [-0.05, 0) is 37.2 Å². The highest BCUT2D eigenvalue weighted by Crippen LogP contribution is 2.36. The normalized spacial score (nSPS) is 20.4. The van der Waals surface area contributed by atoms with E-state index < -0.39 is 23.8 Å². The van der Waals surface area contributed by atoms with Gasteiger partial charge < -0.3 is 20.8 Å². The quantitative estimate of drug-likeness (QED) is 0.506. The minimum Gasteiger partial charge on any atom is -0.465 e. The minimum atomic E-state index is -1.52. The Morgan fingerprint density at radius 2 is 1.93 bits per heavy atom. The molecule has 1 aliphatic rings. The fraction of sp³-hybridized carbons (Fsp3) is 0.636. The number of hydrogen-bond acceptors (Lipinski definition) is 4. The van der Waals surface area contributed by atoms with E-state index in [1.54, 1.807) is 0 Å². The van der Waals surface area contributed by atoms with Crippen LogP contribution in [0.5, 0.6) is 0 Å². The van der Waals surface area contributed by atoms with Crippen LogP contribution in [0.4, 0.5) is 4.79 Å². The van der Waals surface area contributed by atoms with E-state index in [0.29, 0.717) is 25.9 Å². The zero-order valence-corrected chi connectivity index (χ0v) is 17.9. The molecule has 0 aromatic heterocycles. The summed E-state index contributed by atoms with van der Waals surface area (Å²) in [5, 5.41) is 26.1. The number of likely N-dealkylation sites (tertiary alicyclic amines) is 1. The van der Waals surface area contributed by atoms with Gasteiger partial charge in [0, 0.05) is 13.1 Å². The SMILES string of the molecule is CCCCC(NC(=O)O)(C(O)C(=O)N[C@H](C)c1ccccc1)N1CCC(C)(C)C1. The topological polar surface area (TPSA) is 102 Å². The van der Waals surface area contributed by atoms with Crippen molar-refractivity contribution in [1.82, 2.24) is 15.5 Å². The van der Waals surface area contributed by atoms with Gasteiger partial charge in [-0.25, -0.2) is 4.79 Å². The lowest BCUT2D eigenvalue weighted by atomic mass is 9.90. The van der Waals surface area contributed by atoms with Gasteiger partial charge in [0.05, 0.1) is 6.04 Å². The van der Waals surface area contributed by atoms with Crippen LogP contribution in [0.3, 0.4) is 0 Å². The molecule has 4 N–H and O–H groups in total. The van der Waals surface area contributed by atoms with E-state index in [2.05, 4.69) is 24.5 Å². The molecule has 2 rings (SSSR count). The molecule has 162 valence electrons. The number of carboxylic acid groups (broad SMARTS) is 1. The Hall–Kier alpha value is -2.12. The van der Waals surface area contributed by atoms with Gasteiger partial charge in [-0.3, -0.25) is 9.69 Å². The van der Waals surface area contributed by atoms with Gasteiger partial charge in [0.2, 0.25) is 0 Å². The first-order chi connectivity index (χ1) is 13.6. The van der Waals surface area contributed by atoms with E-state index in [1.165, 1.54) is 0 Å². The van der Waals surface area contributed by atoms with E-state index in [0.717, 1.165) is 18.4 Å². The van der Waals surface area contributed by atoms with E-state index in [1.807, 2.05) is 49.1 Å². The average molecular weight is 406 g/mol. The highest BCUT2D eigenvalue weighted by Gasteiger charge is 2.51. The first-order valence-electron chi connectivity index (χ1n) is 10.4. The Morgan fingerprint density at radius 1 is 1.28 bits per heavy atom. The fourth-order valence-corrected chi connectivity index (χ4v) is 4.10. The van der Waals surface area contributed by atoms with Crippen LogP contribution in [0.2, 0.25) is 0 Å². The molecule has 1 saturated heterocycles. The molecule has 1 fully saturated rings. The van der Waals surface area contributed by atoms with Crippen LogP contribution in [0.1, 0.15) is 65.0 Å². The molecule has 0 saturated carbocycles. The number of nitrogens with zero attached hydrogens (tertiary/aromatic N) is 1. The lowest BCUT2D eigenvalue weighted by Gasteiger charge is -2.45. The number of unbranched alkanes of at least 4 members (excludes halogenated alkanes) is 1. The van der Waals surface area contributed by atoms with Crippen LogP contribution in [0.25, 0.3) is 0 Å². The summed E-state index contributed by atoms with van der Waals surface area (Å²) in [4.78, 5) is 26.6. The summed E-state index contributed by atoms with van der Waals surface area (Å²) in [6.45, 7) is 9.30. The summed E-state index contributed by atoms with van der Waals surface area (Å²) in [7, 11) is 0. The van der Waals surface area contributed by atoms with Crippen molar-refractivity contribution >= 4 is 12.0 Å². The third kappa shape index (κ3) is 5.70. The number of aliphatic hydroxyl groups excluding tert-OH is 1. The van der Waals surface area contributed by atoms with Gasteiger partial charge in [-0.2, -0.15) is 0 Å². The molecule has 0 bridgehead atoms. The summed E-state index contributed by atoms with van der Waals surface area (Å²) in [5.74, 6) is -0.573. The highest BCUT2D eigenvalue weighted by atomic mass is 16.4. The van der Waals surface area contributed by atoms with Crippen molar-refractivity contribution in [1.29, 1.82) is 0 Å². The van der Waals surface area contributed by atoms with Crippen LogP contribution in [-0.4, -0.2) is 52.0 Å². The first-order valence-corrected chi connectivity index (χ1v) is 10.4. The van der Waals surface area contributed by atoms with E-state index in [-0.39, 0.29) is 11.5 Å². The maximum absolute atomic E-state index is 13.0. The van der Waals surface area contributed by atoms with E-state index in [9.17, 15) is 19.8 Å². The summed E-state index contributed by atoms with van der Waals surface area (Å²) in [6.07, 6.45) is -0.0129. The Kier molecular flexibility index (Phi) is 7.66. The van der Waals surface area contributed by atoms with Crippen molar-refractivity contribution in [3.63, 3.8) is 0 Å². The molecule has 0 spiro atoms. The van der Waals surface area contributed by atoms with Crippen molar-refractivity contribution < 1.29 is 19.8 Å². The number of carbonyl (C=O) groups is 2. The Balaban J connectivity index is 2.29. The highest BCUT2D eigenvalue weighted by molar-refractivity contribution is 5.83. The molecule has 2 amide bonds. The molecule has 29 heavy (non-hydrogen) atoms.